The number of ketones is 1. The van der Waals surface area contributed by atoms with E-state index in [1.807, 2.05) is 49.3 Å². The Hall–Kier alpha value is -2.15. The minimum atomic E-state index is 0.101. The lowest BCUT2D eigenvalue weighted by Gasteiger charge is -2.26. The fourth-order valence-electron chi connectivity index (χ4n) is 3.68. The highest BCUT2D eigenvalue weighted by Crippen LogP contribution is 2.31. The van der Waals surface area contributed by atoms with Crippen molar-refractivity contribution < 1.29 is 9.53 Å². The quantitative estimate of drug-likeness (QED) is 0.595. The molecule has 148 valence electrons. The molecule has 6 heteroatoms. The van der Waals surface area contributed by atoms with Gasteiger partial charge in [0.25, 0.3) is 0 Å². The summed E-state index contributed by atoms with van der Waals surface area (Å²) in [6, 6.07) is 12.1. The van der Waals surface area contributed by atoms with Crippen LogP contribution in [0.1, 0.15) is 20.9 Å². The van der Waals surface area contributed by atoms with Crippen molar-refractivity contribution in [2.75, 3.05) is 51.8 Å². The van der Waals surface area contributed by atoms with Crippen LogP contribution in [0.25, 0.3) is 10.2 Å². The van der Waals surface area contributed by atoms with Crippen LogP contribution in [0, 0.1) is 6.92 Å². The number of morpholine rings is 1. The number of thiophene rings is 1. The van der Waals surface area contributed by atoms with Crippen LogP contribution in [0.2, 0.25) is 0 Å². The molecule has 0 unspecified atom stereocenters. The van der Waals surface area contributed by atoms with Crippen molar-refractivity contribution in [1.82, 2.24) is 9.47 Å². The van der Waals surface area contributed by atoms with E-state index in [1.54, 1.807) is 11.3 Å². The average molecular weight is 398 g/mol. The van der Waals surface area contributed by atoms with E-state index in [0.717, 1.165) is 60.9 Å². The van der Waals surface area contributed by atoms with Crippen LogP contribution in [0.3, 0.4) is 0 Å². The highest BCUT2D eigenvalue weighted by molar-refractivity contribution is 7.20. The first-order valence-electron chi connectivity index (χ1n) is 9.75. The lowest BCUT2D eigenvalue weighted by molar-refractivity contribution is 0.0365. The number of fused-ring (bicyclic) bond motifs is 1. The molecule has 3 aromatic rings. The number of ether oxygens (including phenoxy) is 1. The van der Waals surface area contributed by atoms with E-state index in [-0.39, 0.29) is 5.78 Å². The summed E-state index contributed by atoms with van der Waals surface area (Å²) in [5.41, 5.74) is 3.09. The number of rotatable bonds is 6. The summed E-state index contributed by atoms with van der Waals surface area (Å²) in [5.74, 6) is 0.101. The number of carbonyl (C=O) groups excluding carboxylic acids is 1. The molecule has 1 aliphatic heterocycles. The molecule has 1 saturated heterocycles. The minimum Gasteiger partial charge on any atom is -0.379 e. The van der Waals surface area contributed by atoms with Crippen LogP contribution < -0.4 is 4.90 Å². The van der Waals surface area contributed by atoms with E-state index in [4.69, 9.17) is 4.74 Å². The van der Waals surface area contributed by atoms with Crippen LogP contribution in [-0.2, 0) is 11.3 Å². The number of aromatic nitrogens is 1. The van der Waals surface area contributed by atoms with Gasteiger partial charge in [-0.2, -0.15) is 0 Å². The van der Waals surface area contributed by atoms with Gasteiger partial charge in [-0.3, -0.25) is 9.69 Å². The smallest absolute Gasteiger partial charge is 0.203 e. The molecule has 2 aromatic heterocycles. The Morgan fingerprint density at radius 1 is 1.11 bits per heavy atom. The summed E-state index contributed by atoms with van der Waals surface area (Å²) < 4.78 is 7.78. The highest BCUT2D eigenvalue weighted by atomic mass is 32.1. The van der Waals surface area contributed by atoms with Crippen molar-refractivity contribution in [1.29, 1.82) is 0 Å². The van der Waals surface area contributed by atoms with Crippen molar-refractivity contribution in [2.24, 2.45) is 0 Å². The van der Waals surface area contributed by atoms with Crippen LogP contribution in [0.5, 0.6) is 0 Å². The van der Waals surface area contributed by atoms with E-state index in [2.05, 4.69) is 22.5 Å². The molecule has 0 saturated carbocycles. The fourth-order valence-corrected chi connectivity index (χ4v) is 4.87. The van der Waals surface area contributed by atoms with E-state index < -0.39 is 0 Å². The van der Waals surface area contributed by atoms with Gasteiger partial charge in [0.05, 0.1) is 18.1 Å². The Labute approximate surface area is 170 Å². The summed E-state index contributed by atoms with van der Waals surface area (Å²) in [4.78, 5) is 19.4. The first-order chi connectivity index (χ1) is 13.5. The molecule has 0 atom stereocenters. The topological polar surface area (TPSA) is 37.7 Å². The number of hydrogen-bond acceptors (Lipinski definition) is 5. The van der Waals surface area contributed by atoms with Crippen molar-refractivity contribution in [3.8, 4) is 0 Å². The molecule has 5 nitrogen and oxygen atoms in total. The van der Waals surface area contributed by atoms with Crippen molar-refractivity contribution in [3.63, 3.8) is 0 Å². The molecule has 0 bridgehead atoms. The molecule has 0 radical (unpaired) electrons. The highest BCUT2D eigenvalue weighted by Gasteiger charge is 2.17. The largest absolute Gasteiger partial charge is 0.379 e. The average Bonchev–Trinajstić information content (AvgIpc) is 3.24. The van der Waals surface area contributed by atoms with Gasteiger partial charge in [0.1, 0.15) is 4.83 Å². The second-order valence-corrected chi connectivity index (χ2v) is 8.56. The molecular weight excluding hydrogens is 370 g/mol. The molecule has 0 aliphatic carbocycles. The first kappa shape index (κ1) is 19.2. The second kappa shape index (κ2) is 8.07. The minimum absolute atomic E-state index is 0.101. The summed E-state index contributed by atoms with van der Waals surface area (Å²) in [7, 11) is 4.00. The summed E-state index contributed by atoms with van der Waals surface area (Å²) in [6.07, 6.45) is 0. The van der Waals surface area contributed by atoms with E-state index >= 15 is 0 Å². The first-order valence-corrected chi connectivity index (χ1v) is 10.6. The van der Waals surface area contributed by atoms with Crippen molar-refractivity contribution >= 4 is 33.0 Å². The monoisotopic (exact) mass is 397 g/mol. The molecule has 0 N–H and O–H groups in total. The molecule has 4 rings (SSSR count). The second-order valence-electron chi connectivity index (χ2n) is 7.53. The van der Waals surface area contributed by atoms with Crippen LogP contribution in [0.4, 0.5) is 5.69 Å². The molecule has 28 heavy (non-hydrogen) atoms. The van der Waals surface area contributed by atoms with Crippen LogP contribution in [-0.4, -0.2) is 62.2 Å². The Kier molecular flexibility index (Phi) is 5.53. The van der Waals surface area contributed by atoms with Gasteiger partial charge < -0.3 is 14.2 Å². The van der Waals surface area contributed by atoms with Gasteiger partial charge in [-0.25, -0.2) is 0 Å². The number of nitrogens with zero attached hydrogens (tertiary/aromatic N) is 3. The Balaban J connectivity index is 1.54. The van der Waals surface area contributed by atoms with Crippen molar-refractivity contribution in [3.05, 3.63) is 52.5 Å². The summed E-state index contributed by atoms with van der Waals surface area (Å²) in [5, 5.41) is 1.16. The lowest BCUT2D eigenvalue weighted by Crippen LogP contribution is -2.38. The third-order valence-corrected chi connectivity index (χ3v) is 6.56. The van der Waals surface area contributed by atoms with Gasteiger partial charge >= 0.3 is 0 Å². The van der Waals surface area contributed by atoms with Gasteiger partial charge in [-0.15, -0.1) is 11.3 Å². The Morgan fingerprint density at radius 3 is 2.50 bits per heavy atom. The van der Waals surface area contributed by atoms with E-state index in [1.165, 1.54) is 10.5 Å². The zero-order valence-electron chi connectivity index (χ0n) is 16.8. The molecule has 1 fully saturated rings. The number of aryl methyl sites for hydroxylation is 1. The van der Waals surface area contributed by atoms with E-state index in [0.29, 0.717) is 0 Å². The Bertz CT molecular complexity index is 966. The van der Waals surface area contributed by atoms with Crippen molar-refractivity contribution in [2.45, 2.75) is 13.5 Å². The number of hydrogen-bond donors (Lipinski definition) is 0. The number of benzene rings is 1. The maximum Gasteiger partial charge on any atom is 0.203 e. The molecule has 3 heterocycles. The van der Waals surface area contributed by atoms with Crippen LogP contribution in [0.15, 0.2) is 36.4 Å². The van der Waals surface area contributed by atoms with Gasteiger partial charge in [-0.05, 0) is 43.3 Å². The fraction of sp³-hybridized carbons (Fsp3) is 0.409. The normalized spacial score (nSPS) is 15.2. The zero-order valence-corrected chi connectivity index (χ0v) is 17.6. The summed E-state index contributed by atoms with van der Waals surface area (Å²) in [6.45, 7) is 7.76. The van der Waals surface area contributed by atoms with Gasteiger partial charge in [0.2, 0.25) is 5.78 Å². The molecular formula is C22H27N3O2S. The van der Waals surface area contributed by atoms with Gasteiger partial charge in [0.15, 0.2) is 0 Å². The predicted molar refractivity (Wildman–Crippen MR) is 116 cm³/mol. The van der Waals surface area contributed by atoms with E-state index in [9.17, 15) is 4.79 Å². The SMILES string of the molecule is Cc1cc2cc(C(=O)c3ccc(N(C)C)cc3)sc2n1CCN1CCOCC1. The number of anilines is 1. The third kappa shape index (κ3) is 3.85. The van der Waals surface area contributed by atoms with Gasteiger partial charge in [0, 0.05) is 62.6 Å². The maximum absolute atomic E-state index is 13.0. The lowest BCUT2D eigenvalue weighted by atomic mass is 10.1. The predicted octanol–water partition coefficient (Wildman–Crippen LogP) is 3.64. The zero-order chi connectivity index (χ0) is 19.7. The van der Waals surface area contributed by atoms with Crippen LogP contribution >= 0.6 is 11.3 Å². The maximum atomic E-state index is 13.0. The molecule has 0 spiro atoms. The van der Waals surface area contributed by atoms with Gasteiger partial charge in [-0.1, -0.05) is 0 Å². The summed E-state index contributed by atoms with van der Waals surface area (Å²) >= 11 is 1.60. The molecule has 1 aromatic carbocycles. The Morgan fingerprint density at radius 2 is 1.82 bits per heavy atom. The third-order valence-electron chi connectivity index (χ3n) is 5.39. The molecule has 1 aliphatic rings. The number of carbonyl (C=O) groups is 1. The standard InChI is InChI=1S/C22H27N3O2S/c1-16-14-18-15-20(21(26)17-4-6-19(7-5-17)23(2)3)28-22(18)25(16)9-8-24-10-12-27-13-11-24/h4-7,14-15H,8-13H2,1-3H3. The molecule has 0 amide bonds.